The fourth-order valence-corrected chi connectivity index (χ4v) is 2.15. The third-order valence-corrected chi connectivity index (χ3v) is 3.44. The summed E-state index contributed by atoms with van der Waals surface area (Å²) in [4.78, 5) is 11.9. The van der Waals surface area contributed by atoms with Gasteiger partial charge in [-0.15, -0.1) is 0 Å². The van der Waals surface area contributed by atoms with Gasteiger partial charge in [-0.05, 0) is 24.3 Å². The number of nitrogens with one attached hydrogen (secondary N) is 2. The van der Waals surface area contributed by atoms with Gasteiger partial charge in [0.1, 0.15) is 0 Å². The lowest BCUT2D eigenvalue weighted by Crippen LogP contribution is -2.19. The molecule has 0 atom stereocenters. The van der Waals surface area contributed by atoms with Crippen molar-refractivity contribution in [1.82, 2.24) is 5.16 Å². The lowest BCUT2D eigenvalue weighted by molar-refractivity contribution is 0.262. The van der Waals surface area contributed by atoms with Gasteiger partial charge in [0.05, 0.1) is 0 Å². The van der Waals surface area contributed by atoms with E-state index >= 15 is 0 Å². The van der Waals surface area contributed by atoms with Crippen molar-refractivity contribution in [1.29, 1.82) is 0 Å². The summed E-state index contributed by atoms with van der Waals surface area (Å²) in [5.74, 6) is 0.952. The summed E-state index contributed by atoms with van der Waals surface area (Å²) in [7, 11) is 0. The van der Waals surface area contributed by atoms with Crippen molar-refractivity contribution in [2.75, 3.05) is 10.6 Å². The monoisotopic (exact) mass is 357 g/mol. The summed E-state index contributed by atoms with van der Waals surface area (Å²) in [6.45, 7) is 0. The number of anilines is 2. The Morgan fingerprint density at radius 3 is 2.45 bits per heavy atom. The second kappa shape index (κ2) is 6.44. The molecular formula is C16H12BrN3O2. The highest BCUT2D eigenvalue weighted by molar-refractivity contribution is 9.10. The molecule has 5 nitrogen and oxygen atoms in total. The molecule has 0 radical (unpaired) electrons. The molecule has 0 aliphatic rings. The molecule has 0 saturated carbocycles. The molecule has 2 N–H and O–H groups in total. The Kier molecular flexibility index (Phi) is 4.20. The van der Waals surface area contributed by atoms with Crippen LogP contribution in [-0.4, -0.2) is 11.2 Å². The van der Waals surface area contributed by atoms with Gasteiger partial charge in [0.2, 0.25) is 0 Å². The number of hydrogen-bond acceptors (Lipinski definition) is 3. The van der Waals surface area contributed by atoms with Crippen LogP contribution in [0.15, 0.2) is 69.7 Å². The summed E-state index contributed by atoms with van der Waals surface area (Å²) in [5.41, 5.74) is 1.59. The first-order chi connectivity index (χ1) is 10.7. The molecule has 3 aromatic rings. The normalized spacial score (nSPS) is 10.2. The number of amides is 2. The highest BCUT2D eigenvalue weighted by Gasteiger charge is 2.09. The fourth-order valence-electron chi connectivity index (χ4n) is 1.88. The second-order valence-corrected chi connectivity index (χ2v) is 5.44. The molecule has 0 unspecified atom stereocenters. The highest BCUT2D eigenvalue weighted by atomic mass is 79.9. The first-order valence-corrected chi connectivity index (χ1v) is 7.36. The molecule has 0 aliphatic carbocycles. The summed E-state index contributed by atoms with van der Waals surface area (Å²) in [5, 5.41) is 9.18. The quantitative estimate of drug-likeness (QED) is 0.710. The second-order valence-electron chi connectivity index (χ2n) is 4.53. The van der Waals surface area contributed by atoms with Gasteiger partial charge in [0.15, 0.2) is 11.6 Å². The zero-order chi connectivity index (χ0) is 15.4. The Morgan fingerprint density at radius 2 is 1.73 bits per heavy atom. The third-order valence-electron chi connectivity index (χ3n) is 2.91. The van der Waals surface area contributed by atoms with Crippen LogP contribution in [0.1, 0.15) is 0 Å². The molecule has 1 heterocycles. The molecule has 2 aromatic carbocycles. The van der Waals surface area contributed by atoms with E-state index in [0.717, 1.165) is 10.0 Å². The minimum atomic E-state index is -0.379. The van der Waals surface area contributed by atoms with Gasteiger partial charge in [-0.3, -0.25) is 5.32 Å². The van der Waals surface area contributed by atoms with E-state index in [1.54, 1.807) is 18.2 Å². The molecule has 0 bridgehead atoms. The molecule has 22 heavy (non-hydrogen) atoms. The topological polar surface area (TPSA) is 67.2 Å². The molecule has 0 aliphatic heterocycles. The minimum absolute atomic E-state index is 0.355. The van der Waals surface area contributed by atoms with Crippen LogP contribution in [0.3, 0.4) is 0 Å². The van der Waals surface area contributed by atoms with E-state index in [2.05, 4.69) is 31.7 Å². The summed E-state index contributed by atoms with van der Waals surface area (Å²) in [6, 6.07) is 18.1. The predicted molar refractivity (Wildman–Crippen MR) is 88.7 cm³/mol. The first-order valence-electron chi connectivity index (χ1n) is 6.56. The van der Waals surface area contributed by atoms with E-state index in [4.69, 9.17) is 4.52 Å². The van der Waals surface area contributed by atoms with E-state index in [0.29, 0.717) is 17.3 Å². The minimum Gasteiger partial charge on any atom is -0.354 e. The molecule has 0 saturated heterocycles. The number of nitrogens with zero attached hydrogens (tertiary/aromatic N) is 1. The smallest absolute Gasteiger partial charge is 0.324 e. The molecule has 2 amide bonds. The Morgan fingerprint density at radius 1 is 1.00 bits per heavy atom. The number of aromatic nitrogens is 1. The zero-order valence-corrected chi connectivity index (χ0v) is 13.0. The third kappa shape index (κ3) is 3.53. The van der Waals surface area contributed by atoms with Gasteiger partial charge in [-0.1, -0.05) is 51.4 Å². The Balaban J connectivity index is 1.65. The van der Waals surface area contributed by atoms with E-state index in [1.165, 1.54) is 0 Å². The van der Waals surface area contributed by atoms with Crippen LogP contribution in [0.2, 0.25) is 0 Å². The van der Waals surface area contributed by atoms with Crippen LogP contribution in [-0.2, 0) is 0 Å². The summed E-state index contributed by atoms with van der Waals surface area (Å²) >= 11 is 3.34. The van der Waals surface area contributed by atoms with E-state index in [1.807, 2.05) is 42.5 Å². The average Bonchev–Trinajstić information content (AvgIpc) is 2.99. The number of benzene rings is 2. The highest BCUT2D eigenvalue weighted by Crippen LogP contribution is 2.22. The Hall–Kier alpha value is -2.60. The van der Waals surface area contributed by atoms with Crippen LogP contribution < -0.4 is 10.6 Å². The number of carbonyl (C=O) groups excluding carboxylic acids is 1. The molecule has 3 rings (SSSR count). The lowest BCUT2D eigenvalue weighted by atomic mass is 10.2. The number of hydrogen-bond donors (Lipinski definition) is 2. The van der Waals surface area contributed by atoms with E-state index in [-0.39, 0.29) is 6.03 Å². The van der Waals surface area contributed by atoms with Gasteiger partial charge >= 0.3 is 6.03 Å². The standard InChI is InChI=1S/C16H12BrN3O2/c17-12-6-8-13(9-7-12)18-16(21)19-15-10-14(22-20-15)11-4-2-1-3-5-11/h1-10H,(H2,18,19,20,21). The number of carbonyl (C=O) groups is 1. The van der Waals surface area contributed by atoms with Crippen molar-refractivity contribution in [3.8, 4) is 11.3 Å². The van der Waals surface area contributed by atoms with Gasteiger partial charge in [-0.2, -0.15) is 0 Å². The van der Waals surface area contributed by atoms with Crippen LogP contribution in [0, 0.1) is 0 Å². The molecular weight excluding hydrogens is 346 g/mol. The van der Waals surface area contributed by atoms with Gasteiger partial charge < -0.3 is 9.84 Å². The lowest BCUT2D eigenvalue weighted by Gasteiger charge is -2.04. The maximum atomic E-state index is 11.9. The Bertz CT molecular complexity index is 770. The van der Waals surface area contributed by atoms with Crippen molar-refractivity contribution in [2.45, 2.75) is 0 Å². The Labute approximate surface area is 135 Å². The van der Waals surface area contributed by atoms with E-state index < -0.39 is 0 Å². The van der Waals surface area contributed by atoms with Crippen LogP contribution >= 0.6 is 15.9 Å². The maximum absolute atomic E-state index is 11.9. The molecule has 110 valence electrons. The van der Waals surface area contributed by atoms with Gasteiger partial charge in [0, 0.05) is 21.8 Å². The van der Waals surface area contributed by atoms with E-state index in [9.17, 15) is 4.79 Å². The first kappa shape index (κ1) is 14.3. The average molecular weight is 358 g/mol. The van der Waals surface area contributed by atoms with Crippen molar-refractivity contribution in [3.63, 3.8) is 0 Å². The molecule has 1 aromatic heterocycles. The predicted octanol–water partition coefficient (Wildman–Crippen LogP) is 4.75. The SMILES string of the molecule is O=C(Nc1ccc(Br)cc1)Nc1cc(-c2ccccc2)on1. The van der Waals surface area contributed by atoms with Crippen molar-refractivity contribution >= 4 is 33.5 Å². The largest absolute Gasteiger partial charge is 0.354 e. The maximum Gasteiger partial charge on any atom is 0.324 e. The van der Waals surface area contributed by atoms with Crippen molar-refractivity contribution in [3.05, 3.63) is 65.1 Å². The number of rotatable bonds is 3. The van der Waals surface area contributed by atoms with Crippen LogP contribution in [0.5, 0.6) is 0 Å². The van der Waals surface area contributed by atoms with Crippen molar-refractivity contribution in [2.24, 2.45) is 0 Å². The fraction of sp³-hybridized carbons (Fsp3) is 0. The van der Waals surface area contributed by atoms with Crippen molar-refractivity contribution < 1.29 is 9.32 Å². The number of halogens is 1. The van der Waals surface area contributed by atoms with Gasteiger partial charge in [0.25, 0.3) is 0 Å². The van der Waals surface area contributed by atoms with Crippen LogP contribution in [0.4, 0.5) is 16.3 Å². The molecule has 0 fully saturated rings. The van der Waals surface area contributed by atoms with Gasteiger partial charge in [-0.25, -0.2) is 4.79 Å². The van der Waals surface area contributed by atoms with Crippen LogP contribution in [0.25, 0.3) is 11.3 Å². The number of urea groups is 1. The molecule has 6 heteroatoms. The molecule has 0 spiro atoms. The zero-order valence-electron chi connectivity index (χ0n) is 11.4. The summed E-state index contributed by atoms with van der Waals surface area (Å²) < 4.78 is 6.17. The summed E-state index contributed by atoms with van der Waals surface area (Å²) in [6.07, 6.45) is 0.